The number of rotatable bonds is 2. The maximum atomic E-state index is 11.2. The summed E-state index contributed by atoms with van der Waals surface area (Å²) >= 11 is 5.97. The second-order valence-electron chi connectivity index (χ2n) is 5.63. The van der Waals surface area contributed by atoms with Crippen LogP contribution in [0.2, 0.25) is 5.02 Å². The summed E-state index contributed by atoms with van der Waals surface area (Å²) in [7, 11) is 0. The smallest absolute Gasteiger partial charge is 0.270 e. The van der Waals surface area contributed by atoms with Crippen LogP contribution in [0.3, 0.4) is 0 Å². The molecule has 0 bridgehead atoms. The summed E-state index contributed by atoms with van der Waals surface area (Å²) in [6.07, 6.45) is 0. The lowest BCUT2D eigenvalue weighted by Crippen LogP contribution is -2.09. The van der Waals surface area contributed by atoms with Crippen molar-refractivity contribution in [1.82, 2.24) is 14.8 Å². The second-order valence-corrected chi connectivity index (χ2v) is 6.07. The van der Waals surface area contributed by atoms with Crippen molar-refractivity contribution in [3.63, 3.8) is 0 Å². The Morgan fingerprint density at radius 2 is 1.92 bits per heavy atom. The van der Waals surface area contributed by atoms with Crippen LogP contribution in [0.5, 0.6) is 0 Å². The van der Waals surface area contributed by atoms with Crippen LogP contribution in [0, 0.1) is 17.0 Å². The lowest BCUT2D eigenvalue weighted by molar-refractivity contribution is -0.384. The molecule has 1 aliphatic rings. The molecule has 124 valence electrons. The number of aliphatic imine (C=N–C) groups is 1. The topological polar surface area (TPSA) is 86.2 Å². The number of non-ortho nitro benzene ring substituents is 1. The molecule has 0 spiro atoms. The Kier molecular flexibility index (Phi) is 3.58. The van der Waals surface area contributed by atoms with Crippen LogP contribution in [0.1, 0.15) is 22.8 Å². The average molecular weight is 354 g/mol. The van der Waals surface area contributed by atoms with Gasteiger partial charge in [0.15, 0.2) is 5.82 Å². The highest BCUT2D eigenvalue weighted by Gasteiger charge is 2.23. The van der Waals surface area contributed by atoms with Crippen molar-refractivity contribution in [2.24, 2.45) is 4.99 Å². The van der Waals surface area contributed by atoms with E-state index in [4.69, 9.17) is 11.6 Å². The van der Waals surface area contributed by atoms with E-state index in [0.29, 0.717) is 34.5 Å². The van der Waals surface area contributed by atoms with Gasteiger partial charge in [-0.3, -0.25) is 19.7 Å². The van der Waals surface area contributed by atoms with E-state index in [1.165, 1.54) is 12.1 Å². The molecule has 1 aromatic heterocycles. The summed E-state index contributed by atoms with van der Waals surface area (Å²) < 4.78 is 1.88. The Morgan fingerprint density at radius 1 is 1.16 bits per heavy atom. The number of halogens is 1. The molecule has 7 nitrogen and oxygen atoms in total. The Labute approximate surface area is 147 Å². The maximum absolute atomic E-state index is 11.2. The highest BCUT2D eigenvalue weighted by molar-refractivity contribution is 6.30. The first-order chi connectivity index (χ1) is 12.0. The first-order valence-corrected chi connectivity index (χ1v) is 7.93. The van der Waals surface area contributed by atoms with Gasteiger partial charge in [-0.05, 0) is 25.1 Å². The molecule has 0 atom stereocenters. The van der Waals surface area contributed by atoms with Gasteiger partial charge in [-0.2, -0.15) is 0 Å². The number of hydrogen-bond acceptors (Lipinski definition) is 5. The van der Waals surface area contributed by atoms with Crippen LogP contribution < -0.4 is 0 Å². The van der Waals surface area contributed by atoms with Gasteiger partial charge < -0.3 is 0 Å². The molecule has 0 aliphatic carbocycles. The van der Waals surface area contributed by atoms with Crippen molar-refractivity contribution in [1.29, 1.82) is 0 Å². The molecule has 0 N–H and O–H groups in total. The Morgan fingerprint density at radius 3 is 2.64 bits per heavy atom. The number of aryl methyl sites for hydroxylation is 1. The molecule has 0 radical (unpaired) electrons. The molecule has 25 heavy (non-hydrogen) atoms. The van der Waals surface area contributed by atoms with E-state index in [-0.39, 0.29) is 5.69 Å². The fourth-order valence-corrected chi connectivity index (χ4v) is 3.06. The average Bonchev–Trinajstić information content (AvgIpc) is 2.88. The molecule has 0 fully saturated rings. The zero-order chi connectivity index (χ0) is 17.6. The fourth-order valence-electron chi connectivity index (χ4n) is 2.93. The van der Waals surface area contributed by atoms with Gasteiger partial charge in [0.25, 0.3) is 5.69 Å². The van der Waals surface area contributed by atoms with Crippen molar-refractivity contribution < 1.29 is 4.92 Å². The molecule has 8 heteroatoms. The van der Waals surface area contributed by atoms with Crippen LogP contribution in [-0.2, 0) is 6.54 Å². The molecule has 2 heterocycles. The molecule has 1 aliphatic heterocycles. The van der Waals surface area contributed by atoms with Gasteiger partial charge in [0.05, 0.1) is 16.3 Å². The van der Waals surface area contributed by atoms with E-state index in [2.05, 4.69) is 15.2 Å². The lowest BCUT2D eigenvalue weighted by atomic mass is 10.00. The van der Waals surface area contributed by atoms with Crippen LogP contribution in [-0.4, -0.2) is 25.4 Å². The summed E-state index contributed by atoms with van der Waals surface area (Å²) in [5, 5.41) is 20.1. The minimum Gasteiger partial charge on any atom is -0.281 e. The van der Waals surface area contributed by atoms with Crippen molar-refractivity contribution >= 4 is 23.0 Å². The molecule has 0 saturated carbocycles. The molecular weight excluding hydrogens is 342 g/mol. The Bertz CT molecular complexity index is 1020. The first kappa shape index (κ1) is 15.5. The minimum atomic E-state index is -0.412. The molecule has 2 aromatic carbocycles. The predicted octanol–water partition coefficient (Wildman–Crippen LogP) is 3.49. The summed E-state index contributed by atoms with van der Waals surface area (Å²) in [5.74, 6) is 1.40. The normalized spacial score (nSPS) is 12.8. The highest BCUT2D eigenvalue weighted by atomic mass is 35.5. The standard InChI is InChI=1S/C17H12ClN5O2/c1-10-20-21-16-9-19-17(11-2-4-12(18)5-3-11)14-8-13(23(24)25)6-7-15(14)22(10)16/h2-8H,9H2,1H3. The Balaban J connectivity index is 1.99. The van der Waals surface area contributed by atoms with Crippen molar-refractivity contribution in [3.8, 4) is 5.69 Å². The van der Waals surface area contributed by atoms with Gasteiger partial charge in [0.2, 0.25) is 0 Å². The first-order valence-electron chi connectivity index (χ1n) is 7.55. The zero-order valence-corrected chi connectivity index (χ0v) is 13.9. The molecular formula is C17H12ClN5O2. The third-order valence-corrected chi connectivity index (χ3v) is 4.33. The number of nitro benzene ring substituents is 1. The van der Waals surface area contributed by atoms with Gasteiger partial charge in [-0.15, -0.1) is 10.2 Å². The van der Waals surface area contributed by atoms with E-state index in [0.717, 1.165) is 11.3 Å². The summed E-state index contributed by atoms with van der Waals surface area (Å²) in [6, 6.07) is 12.0. The predicted molar refractivity (Wildman–Crippen MR) is 93.5 cm³/mol. The van der Waals surface area contributed by atoms with Crippen LogP contribution >= 0.6 is 11.6 Å². The van der Waals surface area contributed by atoms with Gasteiger partial charge in [-0.25, -0.2) is 0 Å². The second kappa shape index (κ2) is 5.78. The quantitative estimate of drug-likeness (QED) is 0.521. The molecule has 0 amide bonds. The van der Waals surface area contributed by atoms with E-state index in [1.807, 2.05) is 23.6 Å². The van der Waals surface area contributed by atoms with Crippen molar-refractivity contribution in [2.45, 2.75) is 13.5 Å². The van der Waals surface area contributed by atoms with Gasteiger partial charge in [-0.1, -0.05) is 23.7 Å². The largest absolute Gasteiger partial charge is 0.281 e. The van der Waals surface area contributed by atoms with E-state index in [9.17, 15) is 10.1 Å². The number of nitro groups is 1. The van der Waals surface area contributed by atoms with Crippen molar-refractivity contribution in [3.05, 3.63) is 80.4 Å². The highest BCUT2D eigenvalue weighted by Crippen LogP contribution is 2.29. The molecule has 0 saturated heterocycles. The van der Waals surface area contributed by atoms with E-state index >= 15 is 0 Å². The third kappa shape index (κ3) is 2.58. The van der Waals surface area contributed by atoms with Crippen LogP contribution in [0.15, 0.2) is 47.5 Å². The number of fused-ring (bicyclic) bond motifs is 3. The summed E-state index contributed by atoms with van der Waals surface area (Å²) in [4.78, 5) is 15.5. The Hall–Kier alpha value is -3.06. The van der Waals surface area contributed by atoms with Crippen molar-refractivity contribution in [2.75, 3.05) is 0 Å². The van der Waals surface area contributed by atoms with Gasteiger partial charge in [0.1, 0.15) is 12.4 Å². The molecule has 0 unspecified atom stereocenters. The number of nitrogens with zero attached hydrogens (tertiary/aromatic N) is 5. The number of hydrogen-bond donors (Lipinski definition) is 0. The number of benzene rings is 2. The SMILES string of the molecule is Cc1nnc2n1-c1ccc([N+](=O)[O-])cc1C(c1ccc(Cl)cc1)=NC2. The van der Waals surface area contributed by atoms with Gasteiger partial charge in [0, 0.05) is 28.3 Å². The number of aromatic nitrogens is 3. The minimum absolute atomic E-state index is 0.00888. The fraction of sp³-hybridized carbons (Fsp3) is 0.118. The summed E-state index contributed by atoms with van der Waals surface area (Å²) in [5.41, 5.74) is 2.95. The van der Waals surface area contributed by atoms with Crippen LogP contribution in [0.25, 0.3) is 5.69 Å². The molecule has 3 aromatic rings. The van der Waals surface area contributed by atoms with E-state index in [1.54, 1.807) is 18.2 Å². The third-order valence-electron chi connectivity index (χ3n) is 4.08. The zero-order valence-electron chi connectivity index (χ0n) is 13.2. The van der Waals surface area contributed by atoms with Gasteiger partial charge >= 0.3 is 0 Å². The lowest BCUT2D eigenvalue weighted by Gasteiger charge is -2.12. The van der Waals surface area contributed by atoms with E-state index < -0.39 is 4.92 Å². The van der Waals surface area contributed by atoms with Crippen LogP contribution in [0.4, 0.5) is 5.69 Å². The molecule has 4 rings (SSSR count). The maximum Gasteiger partial charge on any atom is 0.270 e. The monoisotopic (exact) mass is 353 g/mol. The summed E-state index contributed by atoms with van der Waals surface area (Å²) in [6.45, 7) is 2.18.